The molecule has 2 rings (SSSR count). The Bertz CT molecular complexity index is 971. The Morgan fingerprint density at radius 2 is 1.96 bits per heavy atom. The van der Waals surface area contributed by atoms with Crippen LogP contribution in [0.1, 0.15) is 13.3 Å². The molecule has 0 fully saturated rings. The second-order valence-corrected chi connectivity index (χ2v) is 7.55. The number of carbonyl (C=O) groups excluding carboxylic acids is 1. The summed E-state index contributed by atoms with van der Waals surface area (Å²) < 4.78 is 54.4. The van der Waals surface area contributed by atoms with Crippen molar-refractivity contribution >= 4 is 39.1 Å². The van der Waals surface area contributed by atoms with Crippen LogP contribution in [-0.2, 0) is 10.0 Å². The van der Waals surface area contributed by atoms with Gasteiger partial charge in [0.15, 0.2) is 5.82 Å². The molecule has 0 saturated heterocycles. The van der Waals surface area contributed by atoms with Crippen LogP contribution in [0.5, 0.6) is 0 Å². The average Bonchev–Trinajstić information content (AvgIpc) is 2.66. The highest BCUT2D eigenvalue weighted by atomic mass is 32.2. The molecule has 12 heteroatoms. The number of amides is 2. The molecule has 0 unspecified atom stereocenters. The molecular weight excluding hydrogens is 394 g/mol. The minimum absolute atomic E-state index is 0.178. The first kappa shape index (κ1) is 21.3. The highest BCUT2D eigenvalue weighted by Gasteiger charge is 2.21. The number of aromatic nitrogens is 2. The molecule has 1 heterocycles. The van der Waals surface area contributed by atoms with E-state index in [1.54, 1.807) is 14.0 Å². The average molecular weight is 414 g/mol. The van der Waals surface area contributed by atoms with Crippen molar-refractivity contribution in [3.63, 3.8) is 0 Å². The van der Waals surface area contributed by atoms with Crippen molar-refractivity contribution in [1.82, 2.24) is 9.97 Å². The van der Waals surface area contributed by atoms with E-state index in [0.29, 0.717) is 12.2 Å². The van der Waals surface area contributed by atoms with E-state index in [-0.39, 0.29) is 11.6 Å². The Hall–Kier alpha value is -3.02. The van der Waals surface area contributed by atoms with Crippen molar-refractivity contribution in [2.45, 2.75) is 13.3 Å². The Balaban J connectivity index is 2.27. The molecule has 0 aliphatic heterocycles. The van der Waals surface area contributed by atoms with E-state index in [2.05, 4.69) is 20.6 Å². The van der Waals surface area contributed by atoms with Crippen LogP contribution in [0.25, 0.3) is 0 Å². The van der Waals surface area contributed by atoms with Crippen LogP contribution in [-0.4, -0.2) is 44.3 Å². The van der Waals surface area contributed by atoms with Gasteiger partial charge in [0, 0.05) is 20.2 Å². The number of rotatable bonds is 7. The molecule has 0 aliphatic rings. The van der Waals surface area contributed by atoms with Gasteiger partial charge in [-0.3, -0.25) is 9.62 Å². The second kappa shape index (κ2) is 8.78. The van der Waals surface area contributed by atoms with Crippen LogP contribution in [0.3, 0.4) is 0 Å². The molecule has 152 valence electrons. The lowest BCUT2D eigenvalue weighted by atomic mass is 10.2. The van der Waals surface area contributed by atoms with Gasteiger partial charge < -0.3 is 10.6 Å². The molecule has 0 aliphatic carbocycles. The summed E-state index contributed by atoms with van der Waals surface area (Å²) in [6, 6.07) is 2.38. The Labute approximate surface area is 161 Å². The molecule has 0 spiro atoms. The van der Waals surface area contributed by atoms with Gasteiger partial charge >= 0.3 is 6.03 Å². The predicted octanol–water partition coefficient (Wildman–Crippen LogP) is 2.62. The summed E-state index contributed by atoms with van der Waals surface area (Å²) in [5.41, 5.74) is -1.25. The first-order valence-corrected chi connectivity index (χ1v) is 9.86. The van der Waals surface area contributed by atoms with Gasteiger partial charge in [0.1, 0.15) is 29.5 Å². The van der Waals surface area contributed by atoms with Gasteiger partial charge in [0.05, 0.1) is 11.4 Å². The van der Waals surface area contributed by atoms with E-state index in [9.17, 15) is 22.0 Å². The zero-order valence-electron chi connectivity index (χ0n) is 15.5. The van der Waals surface area contributed by atoms with Gasteiger partial charge in [-0.1, -0.05) is 6.92 Å². The van der Waals surface area contributed by atoms with Crippen LogP contribution in [0.2, 0.25) is 0 Å². The lowest BCUT2D eigenvalue weighted by Gasteiger charge is -2.18. The third-order valence-corrected chi connectivity index (χ3v) is 5.10. The third kappa shape index (κ3) is 5.03. The number of halogens is 2. The number of benzene rings is 1. The van der Waals surface area contributed by atoms with Crippen LogP contribution in [0.4, 0.5) is 36.6 Å². The normalized spacial score (nSPS) is 11.0. The fourth-order valence-electron chi connectivity index (χ4n) is 2.20. The SMILES string of the molecule is CCCS(=O)(=O)Nc1ccc(F)c(NC(=O)N(C)c2cc(NC)ncn2)c1F. The van der Waals surface area contributed by atoms with Gasteiger partial charge in [-0.15, -0.1) is 0 Å². The number of hydrogen-bond donors (Lipinski definition) is 3. The zero-order chi connectivity index (χ0) is 20.9. The molecule has 1 aromatic heterocycles. The smallest absolute Gasteiger partial charge is 0.327 e. The largest absolute Gasteiger partial charge is 0.373 e. The molecular formula is C16H20F2N6O3S. The summed E-state index contributed by atoms with van der Waals surface area (Å²) >= 11 is 0. The van der Waals surface area contributed by atoms with Crippen LogP contribution in [0.15, 0.2) is 24.5 Å². The quantitative estimate of drug-likeness (QED) is 0.641. The number of carbonyl (C=O) groups is 1. The number of nitrogens with zero attached hydrogens (tertiary/aromatic N) is 3. The minimum Gasteiger partial charge on any atom is -0.373 e. The maximum atomic E-state index is 14.6. The lowest BCUT2D eigenvalue weighted by Crippen LogP contribution is -2.32. The van der Waals surface area contributed by atoms with E-state index < -0.39 is 39.1 Å². The highest BCUT2D eigenvalue weighted by molar-refractivity contribution is 7.92. The summed E-state index contributed by atoms with van der Waals surface area (Å²) in [7, 11) is -0.817. The maximum absolute atomic E-state index is 14.6. The summed E-state index contributed by atoms with van der Waals surface area (Å²) in [4.78, 5) is 21.2. The number of sulfonamides is 1. The first-order valence-electron chi connectivity index (χ1n) is 8.21. The van der Waals surface area contributed by atoms with Crippen LogP contribution in [0, 0.1) is 11.6 Å². The van der Waals surface area contributed by atoms with Crippen molar-refractivity contribution in [1.29, 1.82) is 0 Å². The van der Waals surface area contributed by atoms with Crippen LogP contribution < -0.4 is 20.3 Å². The third-order valence-electron chi connectivity index (χ3n) is 3.62. The van der Waals surface area contributed by atoms with E-state index in [1.165, 1.54) is 19.4 Å². The summed E-state index contributed by atoms with van der Waals surface area (Å²) in [6.45, 7) is 1.65. The van der Waals surface area contributed by atoms with Gasteiger partial charge in [0.2, 0.25) is 10.0 Å². The van der Waals surface area contributed by atoms with Crippen molar-refractivity contribution in [3.05, 3.63) is 36.2 Å². The second-order valence-electron chi connectivity index (χ2n) is 5.71. The van der Waals surface area contributed by atoms with Gasteiger partial charge in [0.25, 0.3) is 0 Å². The lowest BCUT2D eigenvalue weighted by molar-refractivity contribution is 0.257. The van der Waals surface area contributed by atoms with E-state index >= 15 is 0 Å². The van der Waals surface area contributed by atoms with Gasteiger partial charge in [-0.25, -0.2) is 32.0 Å². The molecule has 2 amide bonds. The van der Waals surface area contributed by atoms with Crippen LogP contribution >= 0.6 is 0 Å². The maximum Gasteiger partial charge on any atom is 0.327 e. The molecule has 0 atom stereocenters. The molecule has 3 N–H and O–H groups in total. The van der Waals surface area contributed by atoms with Gasteiger partial charge in [-0.05, 0) is 18.6 Å². The van der Waals surface area contributed by atoms with E-state index in [1.807, 2.05) is 4.72 Å². The number of nitrogens with one attached hydrogen (secondary N) is 3. The van der Waals surface area contributed by atoms with E-state index in [4.69, 9.17) is 0 Å². The zero-order valence-corrected chi connectivity index (χ0v) is 16.3. The molecule has 9 nitrogen and oxygen atoms in total. The Morgan fingerprint density at radius 3 is 2.61 bits per heavy atom. The first-order chi connectivity index (χ1) is 13.2. The fourth-order valence-corrected chi connectivity index (χ4v) is 3.33. The molecule has 0 radical (unpaired) electrons. The Kier molecular flexibility index (Phi) is 6.67. The minimum atomic E-state index is -3.79. The number of anilines is 4. The van der Waals surface area contributed by atoms with Crippen molar-refractivity contribution in [3.8, 4) is 0 Å². The van der Waals surface area contributed by atoms with Crippen molar-refractivity contribution in [2.24, 2.45) is 0 Å². The highest BCUT2D eigenvalue weighted by Crippen LogP contribution is 2.27. The molecule has 2 aromatic rings. The molecule has 1 aromatic carbocycles. The predicted molar refractivity (Wildman–Crippen MR) is 103 cm³/mol. The summed E-state index contributed by atoms with van der Waals surface area (Å²) in [5, 5.41) is 4.87. The van der Waals surface area contributed by atoms with Crippen molar-refractivity contribution < 1.29 is 22.0 Å². The molecule has 0 saturated carbocycles. The summed E-state index contributed by atoms with van der Waals surface area (Å²) in [6.07, 6.45) is 1.54. The number of urea groups is 1. The standard InChI is InChI=1S/C16H20F2N6O3S/c1-4-7-28(26,27)23-11-6-5-10(17)15(14(11)18)22-16(25)24(3)13-8-12(19-2)20-9-21-13/h5-6,8-9,23H,4,7H2,1-3H3,(H,22,25)(H,19,20,21). The molecule has 0 bridgehead atoms. The van der Waals surface area contributed by atoms with E-state index in [0.717, 1.165) is 17.0 Å². The van der Waals surface area contributed by atoms with Gasteiger partial charge in [-0.2, -0.15) is 0 Å². The van der Waals surface area contributed by atoms with Crippen molar-refractivity contribution in [2.75, 3.05) is 40.1 Å². The molecule has 28 heavy (non-hydrogen) atoms. The fraction of sp³-hybridized carbons (Fsp3) is 0.312. The topological polar surface area (TPSA) is 116 Å². The monoisotopic (exact) mass is 414 g/mol. The Morgan fingerprint density at radius 1 is 1.25 bits per heavy atom. The summed E-state index contributed by atoms with van der Waals surface area (Å²) in [5.74, 6) is -1.90. The number of hydrogen-bond acceptors (Lipinski definition) is 6.